The van der Waals surface area contributed by atoms with Gasteiger partial charge in [-0.1, -0.05) is 26.2 Å². The van der Waals surface area contributed by atoms with Gasteiger partial charge in [0.05, 0.1) is 12.2 Å². The number of rotatable bonds is 15. The summed E-state index contributed by atoms with van der Waals surface area (Å²) in [5, 5.41) is 30.7. The van der Waals surface area contributed by atoms with Gasteiger partial charge in [-0.3, -0.25) is 9.59 Å². The summed E-state index contributed by atoms with van der Waals surface area (Å²) in [5.74, 6) is 0.489. The number of benzene rings is 1. The molecule has 0 aliphatic carbocycles. The zero-order valence-corrected chi connectivity index (χ0v) is 18.3. The van der Waals surface area contributed by atoms with Gasteiger partial charge in [0.15, 0.2) is 11.6 Å². The molecule has 0 bridgehead atoms. The fourth-order valence-corrected chi connectivity index (χ4v) is 3.41. The summed E-state index contributed by atoms with van der Waals surface area (Å²) in [6.45, 7) is 4.52. The van der Waals surface area contributed by atoms with Gasteiger partial charge in [0.25, 0.3) is 0 Å². The maximum atomic E-state index is 11.6. The minimum atomic E-state index is -0.816. The maximum absolute atomic E-state index is 11.6. The molecule has 2 N–H and O–H groups in total. The van der Waals surface area contributed by atoms with E-state index < -0.39 is 5.97 Å². The maximum Gasteiger partial charge on any atom is 0.303 e. The minimum absolute atomic E-state index is 0.0351. The molecule has 9 heteroatoms. The van der Waals surface area contributed by atoms with Crippen molar-refractivity contribution in [2.45, 2.75) is 78.2 Å². The van der Waals surface area contributed by atoms with Crippen LogP contribution in [0.4, 0.5) is 0 Å². The zero-order chi connectivity index (χ0) is 22.6. The number of carbonyl (C=O) groups is 2. The topological polar surface area (TPSA) is 127 Å². The Bertz CT molecular complexity index is 866. The van der Waals surface area contributed by atoms with Crippen molar-refractivity contribution in [2.75, 3.05) is 6.61 Å². The van der Waals surface area contributed by atoms with E-state index in [1.807, 2.05) is 6.92 Å². The average molecular weight is 433 g/mol. The van der Waals surface area contributed by atoms with E-state index in [0.29, 0.717) is 42.9 Å². The number of aliphatic carboxylic acids is 1. The molecular weight excluding hydrogens is 400 g/mol. The number of carbonyl (C=O) groups excluding carboxylic acids is 1. The van der Waals surface area contributed by atoms with Crippen LogP contribution in [0.1, 0.15) is 80.5 Å². The molecule has 2 rings (SSSR count). The number of hydrogen-bond acceptors (Lipinski definition) is 7. The number of nitrogens with zero attached hydrogens (tertiary/aromatic N) is 4. The van der Waals surface area contributed by atoms with Crippen LogP contribution in [0.3, 0.4) is 0 Å². The standard InChI is InChI=1S/C22H32N4O5/c1-3-9-18-19(13-12-17(16(2)27)22(18)30)31-15-7-5-4-6-10-20-23-24-25-26(20)14-8-11-21(28)29/h12-13,30H,3-11,14-15H2,1-2H3,(H,28,29). The molecule has 0 aliphatic heterocycles. The molecule has 31 heavy (non-hydrogen) atoms. The summed E-state index contributed by atoms with van der Waals surface area (Å²) in [6.07, 6.45) is 6.68. The Morgan fingerprint density at radius 2 is 1.87 bits per heavy atom. The molecule has 9 nitrogen and oxygen atoms in total. The Kier molecular flexibility index (Phi) is 9.93. The number of hydrogen-bond donors (Lipinski definition) is 2. The van der Waals surface area contributed by atoms with Crippen molar-refractivity contribution >= 4 is 11.8 Å². The van der Waals surface area contributed by atoms with Crippen LogP contribution in [0.5, 0.6) is 11.5 Å². The third-order valence-corrected chi connectivity index (χ3v) is 5.04. The highest BCUT2D eigenvalue weighted by Crippen LogP contribution is 2.33. The number of phenols is 1. The number of phenolic OH excluding ortho intramolecular Hbond substituents is 1. The van der Waals surface area contributed by atoms with Crippen LogP contribution in [0.15, 0.2) is 12.1 Å². The van der Waals surface area contributed by atoms with Crippen molar-refractivity contribution in [2.24, 2.45) is 0 Å². The second-order valence-electron chi connectivity index (χ2n) is 7.57. The predicted octanol–water partition coefficient (Wildman–Crippen LogP) is 3.58. The summed E-state index contributed by atoms with van der Waals surface area (Å²) in [5.41, 5.74) is 1.03. The first kappa shape index (κ1) is 24.3. The molecule has 0 aliphatic rings. The second-order valence-corrected chi connectivity index (χ2v) is 7.57. The Balaban J connectivity index is 1.71. The van der Waals surface area contributed by atoms with Gasteiger partial charge < -0.3 is 14.9 Å². The number of ketones is 1. The lowest BCUT2D eigenvalue weighted by Crippen LogP contribution is -2.08. The molecule has 1 heterocycles. The molecule has 0 fully saturated rings. The van der Waals surface area contributed by atoms with Crippen molar-refractivity contribution in [3.63, 3.8) is 0 Å². The summed E-state index contributed by atoms with van der Waals surface area (Å²) in [4.78, 5) is 22.3. The largest absolute Gasteiger partial charge is 0.507 e. The molecule has 1 aromatic heterocycles. The number of tetrazole rings is 1. The monoisotopic (exact) mass is 432 g/mol. The van der Waals surface area contributed by atoms with Gasteiger partial charge in [0.1, 0.15) is 11.5 Å². The van der Waals surface area contributed by atoms with Gasteiger partial charge >= 0.3 is 5.97 Å². The van der Waals surface area contributed by atoms with Gasteiger partial charge in [-0.2, -0.15) is 0 Å². The molecule has 1 aromatic carbocycles. The SMILES string of the molecule is CCCc1c(OCCCCCCc2nnnn2CCCC(=O)O)ccc(C(C)=O)c1O. The third-order valence-electron chi connectivity index (χ3n) is 5.04. The zero-order valence-electron chi connectivity index (χ0n) is 18.3. The van der Waals surface area contributed by atoms with E-state index in [1.165, 1.54) is 6.92 Å². The van der Waals surface area contributed by atoms with Gasteiger partial charge in [-0.05, 0) is 55.2 Å². The molecule has 0 saturated heterocycles. The number of ether oxygens (including phenoxy) is 1. The first-order chi connectivity index (χ1) is 14.9. The van der Waals surface area contributed by atoms with E-state index >= 15 is 0 Å². The van der Waals surface area contributed by atoms with Gasteiger partial charge in [-0.25, -0.2) is 4.68 Å². The molecule has 0 saturated carbocycles. The highest BCUT2D eigenvalue weighted by molar-refractivity contribution is 5.97. The average Bonchev–Trinajstić information content (AvgIpc) is 3.16. The van der Waals surface area contributed by atoms with E-state index in [4.69, 9.17) is 9.84 Å². The van der Waals surface area contributed by atoms with E-state index in [1.54, 1.807) is 16.8 Å². The predicted molar refractivity (Wildman–Crippen MR) is 114 cm³/mol. The molecule has 0 atom stereocenters. The number of aryl methyl sites for hydroxylation is 2. The fourth-order valence-electron chi connectivity index (χ4n) is 3.41. The highest BCUT2D eigenvalue weighted by Gasteiger charge is 2.15. The van der Waals surface area contributed by atoms with Crippen LogP contribution in [0, 0.1) is 0 Å². The van der Waals surface area contributed by atoms with Gasteiger partial charge in [0.2, 0.25) is 0 Å². The Morgan fingerprint density at radius 1 is 1.10 bits per heavy atom. The van der Waals surface area contributed by atoms with Gasteiger partial charge in [0, 0.05) is 24.9 Å². The first-order valence-electron chi connectivity index (χ1n) is 10.9. The Morgan fingerprint density at radius 3 is 2.58 bits per heavy atom. The quantitative estimate of drug-likeness (QED) is 0.323. The number of aromatic hydroxyl groups is 1. The number of unbranched alkanes of at least 4 members (excludes halogenated alkanes) is 3. The molecule has 2 aromatic rings. The lowest BCUT2D eigenvalue weighted by atomic mass is 10.0. The van der Waals surface area contributed by atoms with Crippen molar-refractivity contribution in [1.29, 1.82) is 0 Å². The van der Waals surface area contributed by atoms with E-state index in [-0.39, 0.29) is 18.0 Å². The van der Waals surface area contributed by atoms with E-state index in [0.717, 1.165) is 44.3 Å². The Hall–Kier alpha value is -2.97. The molecule has 0 radical (unpaired) electrons. The van der Waals surface area contributed by atoms with Crippen molar-refractivity contribution in [3.8, 4) is 11.5 Å². The van der Waals surface area contributed by atoms with Crippen LogP contribution in [0.2, 0.25) is 0 Å². The van der Waals surface area contributed by atoms with Crippen molar-refractivity contribution in [3.05, 3.63) is 29.1 Å². The normalized spacial score (nSPS) is 10.9. The minimum Gasteiger partial charge on any atom is -0.507 e. The number of carboxylic acids is 1. The van der Waals surface area contributed by atoms with Crippen molar-refractivity contribution < 1.29 is 24.5 Å². The van der Waals surface area contributed by atoms with Crippen LogP contribution < -0.4 is 4.74 Å². The molecule has 0 spiro atoms. The highest BCUT2D eigenvalue weighted by atomic mass is 16.5. The summed E-state index contributed by atoms with van der Waals surface area (Å²) in [7, 11) is 0. The van der Waals surface area contributed by atoms with E-state index in [2.05, 4.69) is 15.5 Å². The summed E-state index contributed by atoms with van der Waals surface area (Å²) in [6, 6.07) is 3.39. The lowest BCUT2D eigenvalue weighted by molar-refractivity contribution is -0.137. The van der Waals surface area contributed by atoms with Crippen LogP contribution in [0.25, 0.3) is 0 Å². The smallest absolute Gasteiger partial charge is 0.303 e. The third kappa shape index (κ3) is 7.66. The lowest BCUT2D eigenvalue weighted by Gasteiger charge is -2.14. The van der Waals surface area contributed by atoms with Crippen LogP contribution in [-0.4, -0.2) is 48.8 Å². The van der Waals surface area contributed by atoms with Crippen LogP contribution in [-0.2, 0) is 24.2 Å². The summed E-state index contributed by atoms with van der Waals surface area (Å²) >= 11 is 0. The fraction of sp³-hybridized carbons (Fsp3) is 0.591. The number of carboxylic acid groups (broad SMARTS) is 1. The van der Waals surface area contributed by atoms with Gasteiger partial charge in [-0.15, -0.1) is 5.10 Å². The Labute approximate surface area is 182 Å². The molecule has 170 valence electrons. The molecule has 0 unspecified atom stereocenters. The first-order valence-corrected chi connectivity index (χ1v) is 10.9. The van der Waals surface area contributed by atoms with E-state index in [9.17, 15) is 14.7 Å². The number of aromatic nitrogens is 4. The number of Topliss-reactive ketones (excluding diaryl/α,β-unsaturated/α-hetero) is 1. The van der Waals surface area contributed by atoms with Crippen molar-refractivity contribution in [1.82, 2.24) is 20.2 Å². The summed E-state index contributed by atoms with van der Waals surface area (Å²) < 4.78 is 7.56. The second kappa shape index (κ2) is 12.7. The molecular formula is C22H32N4O5. The van der Waals surface area contributed by atoms with Crippen LogP contribution >= 0.6 is 0 Å². The molecule has 0 amide bonds.